The molecular formula is C58H54N16O. The van der Waals surface area contributed by atoms with Crippen LogP contribution in [0.3, 0.4) is 0 Å². The summed E-state index contributed by atoms with van der Waals surface area (Å²) in [5.41, 5.74) is 15.3. The maximum absolute atomic E-state index is 13.3. The zero-order valence-corrected chi connectivity index (χ0v) is 41.4. The lowest BCUT2D eigenvalue weighted by Crippen LogP contribution is -2.35. The minimum Gasteiger partial charge on any atom is -0.356 e. The molecule has 3 aliphatic rings. The van der Waals surface area contributed by atoms with Gasteiger partial charge < -0.3 is 25.1 Å². The lowest BCUT2D eigenvalue weighted by Gasteiger charge is -2.34. The lowest BCUT2D eigenvalue weighted by molar-refractivity contribution is 0.102. The summed E-state index contributed by atoms with van der Waals surface area (Å²) in [5.74, 6) is 1.78. The van der Waals surface area contributed by atoms with Crippen LogP contribution in [0.25, 0.3) is 89.2 Å². The smallest absolute Gasteiger partial charge is 0.255 e. The lowest BCUT2D eigenvalue weighted by atomic mass is 9.89. The molecule has 0 radical (unpaired) electrons. The van der Waals surface area contributed by atoms with Crippen molar-refractivity contribution in [3.05, 3.63) is 139 Å². The molecule has 11 aromatic rings. The Kier molecular flexibility index (Phi) is 11.3. The molecule has 5 N–H and O–H groups in total. The number of hydrogen-bond donors (Lipinski definition) is 5. The molecule has 3 fully saturated rings. The number of nitrogens with one attached hydrogen (secondary N) is 5. The quantitative estimate of drug-likeness (QED) is 0.0821. The predicted octanol–water partition coefficient (Wildman–Crippen LogP) is 10.7. The second-order valence-corrected chi connectivity index (χ2v) is 20.3. The summed E-state index contributed by atoms with van der Waals surface area (Å²) in [6.07, 6.45) is 19.1. The van der Waals surface area contributed by atoms with Gasteiger partial charge in [-0.25, -0.2) is 19.9 Å². The number of carbonyl (C=O) groups is 1. The van der Waals surface area contributed by atoms with Gasteiger partial charge in [0.25, 0.3) is 5.91 Å². The molecule has 1 amide bonds. The van der Waals surface area contributed by atoms with Crippen molar-refractivity contribution in [2.75, 3.05) is 54.4 Å². The molecule has 3 saturated heterocycles. The summed E-state index contributed by atoms with van der Waals surface area (Å²) in [6.45, 7) is 6.70. The van der Waals surface area contributed by atoms with E-state index in [1.807, 2.05) is 67.3 Å². The fourth-order valence-corrected chi connectivity index (χ4v) is 11.6. The highest BCUT2D eigenvalue weighted by molar-refractivity contribution is 6.05. The molecule has 1 unspecified atom stereocenters. The third-order valence-corrected chi connectivity index (χ3v) is 15.4. The Balaban J connectivity index is 0.811. The van der Waals surface area contributed by atoms with E-state index in [0.717, 1.165) is 171 Å². The fourth-order valence-electron chi connectivity index (χ4n) is 11.6. The number of rotatable bonds is 11. The number of aromatic nitrogens is 12. The minimum absolute atomic E-state index is 0.0829. The molecule has 10 aromatic heterocycles. The summed E-state index contributed by atoms with van der Waals surface area (Å²) in [7, 11) is 0. The zero-order chi connectivity index (χ0) is 49.8. The molecule has 14 rings (SSSR count). The average Bonchev–Trinajstić information content (AvgIpc) is 4.36. The van der Waals surface area contributed by atoms with Gasteiger partial charge >= 0.3 is 0 Å². The maximum atomic E-state index is 13.3. The monoisotopic (exact) mass is 990 g/mol. The van der Waals surface area contributed by atoms with Gasteiger partial charge in [0.05, 0.1) is 56.7 Å². The van der Waals surface area contributed by atoms with Crippen LogP contribution in [-0.4, -0.2) is 110 Å². The van der Waals surface area contributed by atoms with E-state index in [2.05, 4.69) is 80.5 Å². The van der Waals surface area contributed by atoms with Gasteiger partial charge in [0.15, 0.2) is 0 Å². The number of anilines is 3. The Morgan fingerprint density at radius 2 is 1.29 bits per heavy atom. The van der Waals surface area contributed by atoms with Crippen LogP contribution in [0.5, 0.6) is 0 Å². The third-order valence-electron chi connectivity index (χ3n) is 15.4. The normalized spacial score (nSPS) is 16.5. The first-order valence-corrected chi connectivity index (χ1v) is 26.2. The van der Waals surface area contributed by atoms with E-state index in [0.29, 0.717) is 17.8 Å². The molecular weight excluding hydrogens is 937 g/mol. The molecule has 1 atom stereocenters. The van der Waals surface area contributed by atoms with Crippen LogP contribution in [0, 0.1) is 0 Å². The summed E-state index contributed by atoms with van der Waals surface area (Å²) < 4.78 is 0. The van der Waals surface area contributed by atoms with E-state index in [1.165, 1.54) is 24.8 Å². The van der Waals surface area contributed by atoms with Crippen molar-refractivity contribution in [3.63, 3.8) is 0 Å². The van der Waals surface area contributed by atoms with E-state index in [-0.39, 0.29) is 11.8 Å². The minimum atomic E-state index is -0.209. The molecule has 3 aliphatic heterocycles. The van der Waals surface area contributed by atoms with Crippen LogP contribution in [0.15, 0.2) is 122 Å². The van der Waals surface area contributed by atoms with Gasteiger partial charge in [-0.2, -0.15) is 10.2 Å². The van der Waals surface area contributed by atoms with E-state index < -0.39 is 0 Å². The summed E-state index contributed by atoms with van der Waals surface area (Å²) in [6, 6.07) is 28.0. The topological polar surface area (TPSA) is 205 Å². The van der Waals surface area contributed by atoms with Crippen molar-refractivity contribution >= 4 is 67.1 Å². The van der Waals surface area contributed by atoms with Crippen molar-refractivity contribution in [2.45, 2.75) is 57.4 Å². The van der Waals surface area contributed by atoms with Gasteiger partial charge in [-0.15, -0.1) is 0 Å². The summed E-state index contributed by atoms with van der Waals surface area (Å²) in [5, 5.41) is 21.7. The van der Waals surface area contributed by atoms with Crippen molar-refractivity contribution in [1.82, 2.24) is 65.2 Å². The number of fused-ring (bicyclic) bond motifs is 4. The Morgan fingerprint density at radius 3 is 2.08 bits per heavy atom. The third kappa shape index (κ3) is 8.48. The van der Waals surface area contributed by atoms with Crippen molar-refractivity contribution in [3.8, 4) is 45.3 Å². The highest BCUT2D eigenvalue weighted by Gasteiger charge is 2.29. The standard InChI is InChI=1S/C58H54N16O/c75-58(36-10-3-1-4-11-36)63-40-25-39(31-60-32-40)48-26-41(51-55(67-48)54(71-69-51)50-27-42-45(65-50)15-17-61-56(42)73-21-5-2-6-22-73)37-12-9-23-74(34-37)57-43-28-49(64-46(43)16-18-62-57)53-52-47(68-70-53)14-13-44(66-52)38-24-35(29-59-30-38)33-72-19-7-8-20-72/h1,3-4,10-11,13-18,24-32,37,64-65H,2,5-9,12,19-23,33-34H2,(H,63,75)(H,68,70)(H,69,71). The predicted molar refractivity (Wildman–Crippen MR) is 294 cm³/mol. The van der Waals surface area contributed by atoms with Gasteiger partial charge in [0.2, 0.25) is 0 Å². The van der Waals surface area contributed by atoms with Crippen molar-refractivity contribution in [2.24, 2.45) is 0 Å². The van der Waals surface area contributed by atoms with Gasteiger partial charge in [-0.3, -0.25) is 29.9 Å². The molecule has 0 aliphatic carbocycles. The van der Waals surface area contributed by atoms with E-state index >= 15 is 0 Å². The summed E-state index contributed by atoms with van der Waals surface area (Å²) in [4.78, 5) is 57.7. The molecule has 372 valence electrons. The highest BCUT2D eigenvalue weighted by atomic mass is 16.1. The molecule has 17 nitrogen and oxygen atoms in total. The van der Waals surface area contributed by atoms with Crippen molar-refractivity contribution < 1.29 is 4.79 Å². The molecule has 75 heavy (non-hydrogen) atoms. The number of hydrogen-bond acceptors (Lipinski definition) is 12. The Morgan fingerprint density at radius 1 is 0.613 bits per heavy atom. The SMILES string of the molecule is O=C(Nc1cncc(-c2cc(C3CCCN(c4nccc5[nH]c(-c6n[nH]c7ccc(-c8cncc(CN9CCCC9)c8)nc67)cc45)C3)c3[nH]nc(-c4cc5c(N6CCCCC6)nccc5[nH]4)c3n2)c1)c1ccccc1. The number of benzene rings is 1. The fraction of sp³-hybridized carbons (Fsp3) is 0.259. The van der Waals surface area contributed by atoms with Crippen LogP contribution < -0.4 is 15.1 Å². The number of amides is 1. The number of pyridine rings is 6. The Bertz CT molecular complexity index is 3920. The first-order valence-electron chi connectivity index (χ1n) is 26.2. The van der Waals surface area contributed by atoms with Gasteiger partial charge in [-0.05, 0) is 136 Å². The van der Waals surface area contributed by atoms with E-state index in [9.17, 15) is 4.79 Å². The number of nitrogens with zero attached hydrogens (tertiary/aromatic N) is 11. The second kappa shape index (κ2) is 18.9. The number of carbonyl (C=O) groups excluding carboxylic acids is 1. The van der Waals surface area contributed by atoms with Gasteiger partial charge in [0.1, 0.15) is 34.1 Å². The zero-order valence-electron chi connectivity index (χ0n) is 41.4. The van der Waals surface area contributed by atoms with Gasteiger partial charge in [-0.1, -0.05) is 18.2 Å². The number of aromatic amines is 4. The van der Waals surface area contributed by atoms with Crippen LogP contribution in [-0.2, 0) is 6.54 Å². The first kappa shape index (κ1) is 44.8. The highest BCUT2D eigenvalue weighted by Crippen LogP contribution is 2.41. The van der Waals surface area contributed by atoms with Crippen LogP contribution in [0.1, 0.15) is 72.3 Å². The van der Waals surface area contributed by atoms with Crippen LogP contribution >= 0.6 is 0 Å². The first-order chi connectivity index (χ1) is 37.0. The molecule has 0 saturated carbocycles. The number of piperidine rings is 2. The van der Waals surface area contributed by atoms with Crippen molar-refractivity contribution in [1.29, 1.82) is 0 Å². The van der Waals surface area contributed by atoms with Crippen LogP contribution in [0.4, 0.5) is 17.3 Å². The maximum Gasteiger partial charge on any atom is 0.255 e. The molecule has 0 spiro atoms. The van der Waals surface area contributed by atoms with Gasteiger partial charge in [0, 0.05) is 97.1 Å². The van der Waals surface area contributed by atoms with E-state index in [4.69, 9.17) is 30.1 Å². The Labute approximate surface area is 431 Å². The summed E-state index contributed by atoms with van der Waals surface area (Å²) >= 11 is 0. The average molecular weight is 991 g/mol. The van der Waals surface area contributed by atoms with Crippen LogP contribution in [0.2, 0.25) is 0 Å². The molecule has 1 aromatic carbocycles. The van der Waals surface area contributed by atoms with E-state index in [1.54, 1.807) is 24.5 Å². The molecule has 13 heterocycles. The molecule has 17 heteroatoms. The largest absolute Gasteiger partial charge is 0.356 e. The number of likely N-dealkylation sites (tertiary alicyclic amines) is 1. The number of H-pyrrole nitrogens is 4. The second-order valence-electron chi connectivity index (χ2n) is 20.3. The Hall–Kier alpha value is -8.83. The molecule has 0 bridgehead atoms.